The molecule has 350 valence electrons. The maximum Gasteiger partial charge on any atom is 0.306 e. The Morgan fingerprint density at radius 3 is 1.42 bits per heavy atom. The first-order valence-electron chi connectivity index (χ1n) is 25.1. The highest BCUT2D eigenvalue weighted by atomic mass is 16.7. The highest BCUT2D eigenvalue weighted by Gasteiger charge is 2.16. The number of hydrazine groups is 1. The second-order valence-corrected chi connectivity index (χ2v) is 17.5. The Morgan fingerprint density at radius 2 is 0.949 bits per heavy atom. The number of nitrogens with one attached hydrogen (secondary N) is 2. The molecule has 0 heterocycles. The molecule has 1 unspecified atom stereocenters. The third-order valence-electron chi connectivity index (χ3n) is 11.5. The number of carbonyl (C=O) groups excluding carboxylic acids is 2. The molecule has 0 saturated heterocycles. The van der Waals surface area contributed by atoms with Gasteiger partial charge in [-0.05, 0) is 104 Å². The number of unbranched alkanes of at least 4 members (excludes halogenated alkanes) is 24. The highest BCUT2D eigenvalue weighted by Crippen LogP contribution is 2.19. The van der Waals surface area contributed by atoms with E-state index in [1.54, 1.807) is 4.90 Å². The molecule has 0 radical (unpaired) electrons. The van der Waals surface area contributed by atoms with Crippen LogP contribution in [0.25, 0.3) is 0 Å². The van der Waals surface area contributed by atoms with Crippen molar-refractivity contribution in [1.29, 1.82) is 0 Å². The van der Waals surface area contributed by atoms with E-state index in [2.05, 4.69) is 36.4 Å². The lowest BCUT2D eigenvalue weighted by molar-refractivity contribution is -0.557. The first kappa shape index (κ1) is 57.0. The number of nitro groups is 1. The molecule has 11 nitrogen and oxygen atoms in total. The van der Waals surface area contributed by atoms with E-state index in [0.717, 1.165) is 129 Å². The second-order valence-electron chi connectivity index (χ2n) is 17.5. The van der Waals surface area contributed by atoms with Gasteiger partial charge in [-0.25, -0.2) is 10.1 Å². The van der Waals surface area contributed by atoms with Crippen LogP contribution >= 0.6 is 0 Å². The summed E-state index contributed by atoms with van der Waals surface area (Å²) in [5.41, 5.74) is 2.33. The summed E-state index contributed by atoms with van der Waals surface area (Å²) in [6.45, 7) is 11.0. The minimum absolute atomic E-state index is 0.00426. The molecule has 0 aliphatic rings. The number of rotatable bonds is 47. The van der Waals surface area contributed by atoms with E-state index in [9.17, 15) is 19.7 Å². The van der Waals surface area contributed by atoms with Gasteiger partial charge in [0.2, 0.25) is 0 Å². The minimum atomic E-state index is -0.514. The zero-order chi connectivity index (χ0) is 43.4. The van der Waals surface area contributed by atoms with E-state index in [-0.39, 0.29) is 18.0 Å². The van der Waals surface area contributed by atoms with Gasteiger partial charge < -0.3 is 14.4 Å². The second kappa shape index (κ2) is 44.1. The van der Waals surface area contributed by atoms with Crippen molar-refractivity contribution in [3.63, 3.8) is 0 Å². The van der Waals surface area contributed by atoms with Gasteiger partial charge in [-0.1, -0.05) is 162 Å². The molecule has 0 aromatic rings. The topological polar surface area (TPSA) is 126 Å². The van der Waals surface area contributed by atoms with Crippen LogP contribution in [0.15, 0.2) is 0 Å². The molecule has 0 aliphatic carbocycles. The third-order valence-corrected chi connectivity index (χ3v) is 11.5. The van der Waals surface area contributed by atoms with Crippen molar-refractivity contribution in [3.8, 4) is 0 Å². The summed E-state index contributed by atoms with van der Waals surface area (Å²) in [4.78, 5) is 40.3. The van der Waals surface area contributed by atoms with Gasteiger partial charge in [0.25, 0.3) is 0 Å². The van der Waals surface area contributed by atoms with Crippen molar-refractivity contribution in [2.75, 3.05) is 46.9 Å². The molecule has 0 fully saturated rings. The van der Waals surface area contributed by atoms with Gasteiger partial charge in [-0.15, -0.1) is 5.43 Å². The van der Waals surface area contributed by atoms with Gasteiger partial charge in [0, 0.05) is 12.8 Å². The van der Waals surface area contributed by atoms with E-state index in [1.165, 1.54) is 96.3 Å². The van der Waals surface area contributed by atoms with Crippen LogP contribution in [0.5, 0.6) is 0 Å². The molecular weight excluding hydrogens is 743 g/mol. The van der Waals surface area contributed by atoms with E-state index in [0.29, 0.717) is 26.0 Å². The minimum Gasteiger partial charge on any atom is -0.466 e. The number of ether oxygens (including phenoxy) is 2. The molecule has 0 aliphatic heterocycles. The van der Waals surface area contributed by atoms with Crippen LogP contribution in [0, 0.1) is 10.1 Å². The number of hydrogen-bond donors (Lipinski definition) is 2. The largest absolute Gasteiger partial charge is 0.466 e. The lowest BCUT2D eigenvalue weighted by Gasteiger charge is -2.25. The van der Waals surface area contributed by atoms with Gasteiger partial charge in [0.1, 0.15) is 6.10 Å². The molecule has 0 amide bonds. The summed E-state index contributed by atoms with van der Waals surface area (Å²) < 4.78 is 11.5. The number of hydrogen-bond acceptors (Lipinski definition) is 9. The normalized spacial score (nSPS) is 12.1. The fourth-order valence-corrected chi connectivity index (χ4v) is 7.72. The van der Waals surface area contributed by atoms with Gasteiger partial charge >= 0.3 is 11.9 Å². The molecule has 0 aromatic heterocycles. The monoisotopic (exact) mass is 840 g/mol. The van der Waals surface area contributed by atoms with Crippen LogP contribution in [0.3, 0.4) is 0 Å². The Bertz CT molecular complexity index is 926. The quantitative estimate of drug-likeness (QED) is 0.0201. The summed E-state index contributed by atoms with van der Waals surface area (Å²) in [7, 11) is 3.63. The number of nitrogens with zero attached hydrogens (tertiary/aromatic N) is 3. The smallest absolute Gasteiger partial charge is 0.306 e. The van der Waals surface area contributed by atoms with Crippen molar-refractivity contribution < 1.29 is 24.1 Å². The van der Waals surface area contributed by atoms with Crippen molar-refractivity contribution in [2.24, 2.45) is 0 Å². The van der Waals surface area contributed by atoms with E-state index in [1.807, 2.05) is 14.1 Å². The van der Waals surface area contributed by atoms with Crippen molar-refractivity contribution in [3.05, 3.63) is 10.1 Å². The summed E-state index contributed by atoms with van der Waals surface area (Å²) in [5, 5.41) is 13.8. The first-order chi connectivity index (χ1) is 28.7. The summed E-state index contributed by atoms with van der Waals surface area (Å²) >= 11 is 0. The average molecular weight is 840 g/mol. The van der Waals surface area contributed by atoms with Crippen LogP contribution in [0.2, 0.25) is 0 Å². The summed E-state index contributed by atoms with van der Waals surface area (Å²) in [6.07, 6.45) is 38.0. The Balaban J connectivity index is 4.53. The molecule has 0 rings (SSSR count). The third kappa shape index (κ3) is 41.2. The Labute approximate surface area is 364 Å². The van der Waals surface area contributed by atoms with Gasteiger partial charge in [0.05, 0.1) is 6.61 Å². The van der Waals surface area contributed by atoms with E-state index in [4.69, 9.17) is 9.47 Å². The van der Waals surface area contributed by atoms with E-state index < -0.39 is 11.3 Å². The first-order valence-corrected chi connectivity index (χ1v) is 25.1. The Kier molecular flexibility index (Phi) is 42.6. The maximum absolute atomic E-state index is 12.8. The predicted molar refractivity (Wildman–Crippen MR) is 247 cm³/mol. The zero-order valence-corrected chi connectivity index (χ0v) is 39.5. The van der Waals surface area contributed by atoms with E-state index >= 15 is 0 Å². The lowest BCUT2D eigenvalue weighted by Crippen LogP contribution is -2.54. The molecule has 1 atom stereocenters. The molecular formula is C48H97N5O6. The van der Waals surface area contributed by atoms with Crippen LogP contribution in [0.1, 0.15) is 239 Å². The van der Waals surface area contributed by atoms with Crippen molar-refractivity contribution >= 4 is 11.9 Å². The summed E-state index contributed by atoms with van der Waals surface area (Å²) in [6, 6.07) is 0. The number of carbonyl (C=O) groups is 2. The highest BCUT2D eigenvalue weighted by molar-refractivity contribution is 5.69. The predicted octanol–water partition coefficient (Wildman–Crippen LogP) is 12.3. The fourth-order valence-electron chi connectivity index (χ4n) is 7.72. The van der Waals surface area contributed by atoms with Gasteiger partial charge in [-0.2, -0.15) is 0 Å². The Morgan fingerprint density at radius 1 is 0.542 bits per heavy atom. The molecule has 0 saturated carbocycles. The molecule has 0 aromatic carbocycles. The standard InChI is InChI=1S/C48H97N5O6/c1-6-9-12-15-18-27-34-44-58-46(54)38-30-23-19-25-32-41-52(43-35-40-49-48(51(4)5)50-53(56)57)42-33-26-20-24-31-39-47(55)59-45(36-28-21-16-13-10-7-2)37-29-22-17-14-11-8-3/h45,48-50H,6-44H2,1-5H3. The van der Waals surface area contributed by atoms with Crippen LogP contribution in [-0.2, 0) is 19.1 Å². The molecule has 59 heavy (non-hydrogen) atoms. The fraction of sp³-hybridized carbons (Fsp3) is 0.958. The zero-order valence-electron chi connectivity index (χ0n) is 39.5. The van der Waals surface area contributed by atoms with Crippen LogP contribution in [-0.4, -0.2) is 86.0 Å². The Hall–Kier alpha value is -1.98. The molecule has 0 bridgehead atoms. The van der Waals surface area contributed by atoms with Crippen LogP contribution < -0.4 is 10.7 Å². The number of esters is 2. The van der Waals surface area contributed by atoms with Crippen molar-refractivity contribution in [2.45, 2.75) is 251 Å². The van der Waals surface area contributed by atoms with Gasteiger partial charge in [-0.3, -0.25) is 19.8 Å². The molecule has 2 N–H and O–H groups in total. The summed E-state index contributed by atoms with van der Waals surface area (Å²) in [5.74, 6) is -0.0535. The lowest BCUT2D eigenvalue weighted by atomic mass is 10.0. The van der Waals surface area contributed by atoms with Gasteiger partial charge in [0.15, 0.2) is 11.3 Å². The average Bonchev–Trinajstić information content (AvgIpc) is 3.21. The molecule has 11 heteroatoms. The SMILES string of the molecule is CCCCCCCCCOC(=O)CCCCCCCN(CCCCCCCC(=O)OC(CCCCCCCC)CCCCCCCC)CCCNC(N[N+](=O)[O-])N(C)C. The van der Waals surface area contributed by atoms with Crippen LogP contribution in [0.4, 0.5) is 0 Å². The maximum atomic E-state index is 12.8. The molecule has 0 spiro atoms. The van der Waals surface area contributed by atoms with Crippen molar-refractivity contribution in [1.82, 2.24) is 20.5 Å².